The lowest BCUT2D eigenvalue weighted by Crippen LogP contribution is -2.57. The van der Waals surface area contributed by atoms with Gasteiger partial charge in [-0.05, 0) is 24.3 Å². The van der Waals surface area contributed by atoms with Gasteiger partial charge in [0.05, 0.1) is 16.9 Å². The molecule has 0 aliphatic carbocycles. The minimum Gasteiger partial charge on any atom is -0.389 e. The van der Waals surface area contributed by atoms with E-state index in [-0.39, 0.29) is 23.8 Å². The first kappa shape index (κ1) is 13.6. The van der Waals surface area contributed by atoms with Crippen LogP contribution in [-0.4, -0.2) is 59.0 Å². The first-order chi connectivity index (χ1) is 9.65. The maximum Gasteiger partial charge on any atom is 0.263 e. The van der Waals surface area contributed by atoms with E-state index in [4.69, 9.17) is 0 Å². The number of aliphatic hydroxyl groups excluding tert-OH is 1. The monoisotopic (exact) mass is 294 g/mol. The highest BCUT2D eigenvalue weighted by Crippen LogP contribution is 2.23. The van der Waals surface area contributed by atoms with E-state index < -0.39 is 0 Å². The number of β-amino-alcohol motifs (C(OH)–C–C–N with tert-alkyl or cyclic N) is 1. The van der Waals surface area contributed by atoms with E-state index in [2.05, 4.69) is 0 Å². The Morgan fingerprint density at radius 3 is 2.70 bits per heavy atom. The van der Waals surface area contributed by atoms with E-state index in [1.54, 1.807) is 9.80 Å². The molecule has 0 radical (unpaired) electrons. The Morgan fingerprint density at radius 2 is 2.05 bits per heavy atom. The van der Waals surface area contributed by atoms with Crippen LogP contribution in [0, 0.1) is 5.92 Å². The number of hydrogen-bond donors (Lipinski definition) is 1. The average molecular weight is 294 g/mol. The third kappa shape index (κ3) is 2.58. The van der Waals surface area contributed by atoms with Gasteiger partial charge >= 0.3 is 0 Å². The molecule has 5 nitrogen and oxygen atoms in total. The van der Waals surface area contributed by atoms with E-state index in [1.165, 1.54) is 11.3 Å². The molecule has 0 spiro atoms. The molecule has 0 saturated carbocycles. The Kier molecular flexibility index (Phi) is 3.76. The summed E-state index contributed by atoms with van der Waals surface area (Å²) in [5, 5.41) is 11.2. The molecule has 1 unspecified atom stereocenters. The van der Waals surface area contributed by atoms with Crippen LogP contribution in [0.15, 0.2) is 17.5 Å². The summed E-state index contributed by atoms with van der Waals surface area (Å²) in [6.07, 6.45) is 1.33. The van der Waals surface area contributed by atoms with Gasteiger partial charge in [-0.15, -0.1) is 11.3 Å². The Hall–Kier alpha value is -1.40. The lowest BCUT2D eigenvalue weighted by Gasteiger charge is -2.40. The Bertz CT molecular complexity index is 497. The predicted molar refractivity (Wildman–Crippen MR) is 75.5 cm³/mol. The van der Waals surface area contributed by atoms with Crippen molar-refractivity contribution in [3.8, 4) is 0 Å². The molecule has 1 aromatic heterocycles. The van der Waals surface area contributed by atoms with Crippen molar-refractivity contribution in [3.63, 3.8) is 0 Å². The van der Waals surface area contributed by atoms with Crippen LogP contribution in [0.2, 0.25) is 0 Å². The Labute approximate surface area is 121 Å². The predicted octanol–water partition coefficient (Wildman–Crippen LogP) is 0.803. The van der Waals surface area contributed by atoms with E-state index in [0.29, 0.717) is 19.6 Å². The standard InChI is InChI=1S/C14H18N2O3S/c17-11-8-16(9-11)13(18)10-3-1-5-15(7-10)14(19)12-4-2-6-20-12/h2,4,6,10-11,17H,1,3,5,7-9H2. The Balaban J connectivity index is 1.62. The van der Waals surface area contributed by atoms with Gasteiger partial charge in [0, 0.05) is 26.2 Å². The second-order valence-corrected chi connectivity index (χ2v) is 6.41. The van der Waals surface area contributed by atoms with Crippen LogP contribution in [-0.2, 0) is 4.79 Å². The van der Waals surface area contributed by atoms with Gasteiger partial charge in [-0.25, -0.2) is 0 Å². The van der Waals surface area contributed by atoms with E-state index in [1.807, 2.05) is 17.5 Å². The van der Waals surface area contributed by atoms with Crippen molar-refractivity contribution in [1.82, 2.24) is 9.80 Å². The fourth-order valence-corrected chi connectivity index (χ4v) is 3.50. The first-order valence-corrected chi connectivity index (χ1v) is 7.83. The van der Waals surface area contributed by atoms with Crippen molar-refractivity contribution in [1.29, 1.82) is 0 Å². The molecule has 20 heavy (non-hydrogen) atoms. The van der Waals surface area contributed by atoms with Crippen LogP contribution in [0.25, 0.3) is 0 Å². The molecule has 2 amide bonds. The molecule has 3 rings (SSSR count). The number of piperidine rings is 1. The zero-order valence-electron chi connectivity index (χ0n) is 11.2. The number of carbonyl (C=O) groups is 2. The average Bonchev–Trinajstić information content (AvgIpc) is 2.96. The van der Waals surface area contributed by atoms with E-state index in [0.717, 1.165) is 24.3 Å². The fourth-order valence-electron chi connectivity index (χ4n) is 2.81. The molecule has 2 saturated heterocycles. The van der Waals surface area contributed by atoms with Crippen molar-refractivity contribution in [3.05, 3.63) is 22.4 Å². The van der Waals surface area contributed by atoms with E-state index in [9.17, 15) is 14.7 Å². The van der Waals surface area contributed by atoms with Gasteiger partial charge in [0.1, 0.15) is 0 Å². The number of aliphatic hydroxyl groups is 1. The first-order valence-electron chi connectivity index (χ1n) is 6.95. The summed E-state index contributed by atoms with van der Waals surface area (Å²) in [7, 11) is 0. The zero-order chi connectivity index (χ0) is 14.1. The summed E-state index contributed by atoms with van der Waals surface area (Å²) in [5.74, 6) is 0.000265. The van der Waals surface area contributed by atoms with Crippen LogP contribution in [0.1, 0.15) is 22.5 Å². The quantitative estimate of drug-likeness (QED) is 0.878. The van der Waals surface area contributed by atoms with Crippen LogP contribution in [0.4, 0.5) is 0 Å². The second-order valence-electron chi connectivity index (χ2n) is 5.46. The normalized spacial score (nSPS) is 23.6. The summed E-state index contributed by atoms with van der Waals surface area (Å²) in [4.78, 5) is 28.8. The summed E-state index contributed by atoms with van der Waals surface area (Å²) in [5.41, 5.74) is 0. The van der Waals surface area contributed by atoms with Crippen molar-refractivity contribution in [2.45, 2.75) is 18.9 Å². The topological polar surface area (TPSA) is 60.9 Å². The van der Waals surface area contributed by atoms with Crippen LogP contribution in [0.3, 0.4) is 0 Å². The smallest absolute Gasteiger partial charge is 0.263 e. The molecule has 6 heteroatoms. The van der Waals surface area contributed by atoms with Gasteiger partial charge < -0.3 is 14.9 Å². The van der Waals surface area contributed by atoms with Crippen molar-refractivity contribution in [2.24, 2.45) is 5.92 Å². The minimum atomic E-state index is -0.369. The lowest BCUT2D eigenvalue weighted by atomic mass is 9.94. The van der Waals surface area contributed by atoms with Crippen LogP contribution in [0.5, 0.6) is 0 Å². The molecule has 3 heterocycles. The number of hydrogen-bond acceptors (Lipinski definition) is 4. The zero-order valence-corrected chi connectivity index (χ0v) is 12.0. The molecular weight excluding hydrogens is 276 g/mol. The van der Waals surface area contributed by atoms with Gasteiger partial charge in [-0.3, -0.25) is 9.59 Å². The van der Waals surface area contributed by atoms with Crippen molar-refractivity contribution in [2.75, 3.05) is 26.2 Å². The molecule has 0 aromatic carbocycles. The second kappa shape index (κ2) is 5.54. The lowest BCUT2D eigenvalue weighted by molar-refractivity contribution is -0.147. The highest BCUT2D eigenvalue weighted by molar-refractivity contribution is 7.12. The molecule has 1 atom stereocenters. The number of amides is 2. The minimum absolute atomic E-state index is 0.0288. The molecule has 2 aliphatic heterocycles. The molecule has 1 N–H and O–H groups in total. The van der Waals surface area contributed by atoms with Gasteiger partial charge in [-0.2, -0.15) is 0 Å². The van der Waals surface area contributed by atoms with Gasteiger partial charge in [-0.1, -0.05) is 6.07 Å². The maximum absolute atomic E-state index is 12.3. The summed E-state index contributed by atoms with van der Waals surface area (Å²) in [6, 6.07) is 3.69. The molecule has 108 valence electrons. The number of carbonyl (C=O) groups excluding carboxylic acids is 2. The third-order valence-electron chi connectivity index (χ3n) is 3.96. The Morgan fingerprint density at radius 1 is 1.25 bits per heavy atom. The number of rotatable bonds is 2. The van der Waals surface area contributed by atoms with Gasteiger partial charge in [0.15, 0.2) is 0 Å². The van der Waals surface area contributed by atoms with Crippen LogP contribution >= 0.6 is 11.3 Å². The number of nitrogens with zero attached hydrogens (tertiary/aromatic N) is 2. The fraction of sp³-hybridized carbons (Fsp3) is 0.571. The molecule has 2 aliphatic rings. The molecule has 2 fully saturated rings. The SMILES string of the molecule is O=C(c1cccs1)N1CCCC(C(=O)N2CC(O)C2)C1. The maximum atomic E-state index is 12.3. The van der Waals surface area contributed by atoms with E-state index >= 15 is 0 Å². The third-order valence-corrected chi connectivity index (χ3v) is 4.82. The summed E-state index contributed by atoms with van der Waals surface area (Å²) in [6.45, 7) is 2.10. The summed E-state index contributed by atoms with van der Waals surface area (Å²) < 4.78 is 0. The highest BCUT2D eigenvalue weighted by Gasteiger charge is 2.36. The molecule has 1 aromatic rings. The summed E-state index contributed by atoms with van der Waals surface area (Å²) >= 11 is 1.44. The number of likely N-dealkylation sites (tertiary alicyclic amines) is 2. The van der Waals surface area contributed by atoms with Gasteiger partial charge in [0.25, 0.3) is 5.91 Å². The van der Waals surface area contributed by atoms with Gasteiger partial charge in [0.2, 0.25) is 5.91 Å². The highest BCUT2D eigenvalue weighted by atomic mass is 32.1. The van der Waals surface area contributed by atoms with Crippen molar-refractivity contribution >= 4 is 23.2 Å². The van der Waals surface area contributed by atoms with Crippen LogP contribution < -0.4 is 0 Å². The number of thiophene rings is 1. The van der Waals surface area contributed by atoms with Crippen molar-refractivity contribution < 1.29 is 14.7 Å². The largest absolute Gasteiger partial charge is 0.389 e. The molecular formula is C14H18N2O3S. The molecule has 0 bridgehead atoms.